The van der Waals surface area contributed by atoms with Crippen LogP contribution in [0.2, 0.25) is 0 Å². The normalized spacial score (nSPS) is 10.7. The van der Waals surface area contributed by atoms with Gasteiger partial charge in [0.1, 0.15) is 10.6 Å². The number of nitrogens with one attached hydrogen (secondary N) is 1. The number of carbonyl (C=O) groups excluding carboxylic acids is 1. The SMILES string of the molecule is COC(=O)c1ccc(-c2ccn(CCNCc3ccccc3)n2)s1. The fraction of sp³-hybridized carbons (Fsp3) is 0.222. The van der Waals surface area contributed by atoms with E-state index in [0.717, 1.165) is 30.2 Å². The summed E-state index contributed by atoms with van der Waals surface area (Å²) in [6.45, 7) is 2.48. The van der Waals surface area contributed by atoms with Gasteiger partial charge in [0.25, 0.3) is 0 Å². The van der Waals surface area contributed by atoms with Gasteiger partial charge in [0.2, 0.25) is 0 Å². The second kappa shape index (κ2) is 7.90. The molecule has 0 saturated heterocycles. The van der Waals surface area contributed by atoms with Gasteiger partial charge in [-0.15, -0.1) is 11.3 Å². The number of thiophene rings is 1. The first-order valence-corrected chi connectivity index (χ1v) is 8.54. The molecule has 0 aliphatic rings. The molecule has 24 heavy (non-hydrogen) atoms. The fourth-order valence-electron chi connectivity index (χ4n) is 2.33. The lowest BCUT2D eigenvalue weighted by atomic mass is 10.2. The van der Waals surface area contributed by atoms with E-state index in [0.29, 0.717) is 4.88 Å². The van der Waals surface area contributed by atoms with Crippen LogP contribution in [0.5, 0.6) is 0 Å². The van der Waals surface area contributed by atoms with Gasteiger partial charge in [-0.3, -0.25) is 4.68 Å². The summed E-state index contributed by atoms with van der Waals surface area (Å²) in [5.74, 6) is -0.309. The summed E-state index contributed by atoms with van der Waals surface area (Å²) in [6.07, 6.45) is 1.96. The Morgan fingerprint density at radius 1 is 1.21 bits per heavy atom. The third-order valence-corrected chi connectivity index (χ3v) is 4.66. The largest absolute Gasteiger partial charge is 0.465 e. The minimum absolute atomic E-state index is 0.309. The third-order valence-electron chi connectivity index (χ3n) is 3.58. The molecule has 0 radical (unpaired) electrons. The maximum atomic E-state index is 11.5. The topological polar surface area (TPSA) is 56.1 Å². The minimum Gasteiger partial charge on any atom is -0.465 e. The molecule has 0 amide bonds. The van der Waals surface area contributed by atoms with Crippen molar-refractivity contribution in [2.45, 2.75) is 13.1 Å². The Kier molecular flexibility index (Phi) is 5.40. The lowest BCUT2D eigenvalue weighted by molar-refractivity contribution is 0.0606. The molecule has 0 aliphatic heterocycles. The molecular formula is C18H19N3O2S. The second-order valence-corrected chi connectivity index (χ2v) is 6.37. The summed E-state index contributed by atoms with van der Waals surface area (Å²) in [7, 11) is 1.39. The van der Waals surface area contributed by atoms with Crippen molar-refractivity contribution in [1.29, 1.82) is 0 Å². The predicted octanol–water partition coefficient (Wildman–Crippen LogP) is 3.19. The predicted molar refractivity (Wildman–Crippen MR) is 95.0 cm³/mol. The molecule has 2 heterocycles. The van der Waals surface area contributed by atoms with Crippen LogP contribution in [0.1, 0.15) is 15.2 Å². The lowest BCUT2D eigenvalue weighted by Crippen LogP contribution is -2.19. The van der Waals surface area contributed by atoms with Crippen molar-refractivity contribution < 1.29 is 9.53 Å². The van der Waals surface area contributed by atoms with Gasteiger partial charge >= 0.3 is 5.97 Å². The quantitative estimate of drug-likeness (QED) is 0.530. The van der Waals surface area contributed by atoms with E-state index in [1.54, 1.807) is 6.07 Å². The monoisotopic (exact) mass is 341 g/mol. The molecule has 5 nitrogen and oxygen atoms in total. The van der Waals surface area contributed by atoms with E-state index in [1.165, 1.54) is 24.0 Å². The van der Waals surface area contributed by atoms with Gasteiger partial charge in [0.15, 0.2) is 0 Å². The molecule has 3 aromatic rings. The molecule has 0 spiro atoms. The van der Waals surface area contributed by atoms with E-state index in [4.69, 9.17) is 4.74 Å². The average Bonchev–Trinajstić information content (AvgIpc) is 3.28. The first-order chi connectivity index (χ1) is 11.8. The Balaban J connectivity index is 1.52. The number of ether oxygens (including phenoxy) is 1. The van der Waals surface area contributed by atoms with E-state index < -0.39 is 0 Å². The van der Waals surface area contributed by atoms with Gasteiger partial charge in [0.05, 0.1) is 18.5 Å². The van der Waals surface area contributed by atoms with E-state index in [9.17, 15) is 4.79 Å². The van der Waals surface area contributed by atoms with Gasteiger partial charge in [-0.25, -0.2) is 4.79 Å². The molecule has 1 N–H and O–H groups in total. The van der Waals surface area contributed by atoms with E-state index >= 15 is 0 Å². The molecule has 2 aromatic heterocycles. The van der Waals surface area contributed by atoms with Crippen LogP contribution in [-0.4, -0.2) is 29.4 Å². The molecule has 1 aromatic carbocycles. The minimum atomic E-state index is -0.309. The number of benzene rings is 1. The first kappa shape index (κ1) is 16.4. The van der Waals surface area contributed by atoms with E-state index in [1.807, 2.05) is 41.2 Å². The number of nitrogens with zero attached hydrogens (tertiary/aromatic N) is 2. The molecule has 3 rings (SSSR count). The molecule has 0 unspecified atom stereocenters. The highest BCUT2D eigenvalue weighted by atomic mass is 32.1. The van der Waals surface area contributed by atoms with Crippen molar-refractivity contribution in [3.8, 4) is 10.6 Å². The Hall–Kier alpha value is -2.44. The van der Waals surface area contributed by atoms with Crippen molar-refractivity contribution in [3.63, 3.8) is 0 Å². The maximum absolute atomic E-state index is 11.5. The standard InChI is InChI=1S/C18H19N3O2S/c1-23-18(22)17-8-7-16(24-17)15-9-11-21(20-15)12-10-19-13-14-5-3-2-4-6-14/h2-9,11,19H,10,12-13H2,1H3. The van der Waals surface area contributed by atoms with Gasteiger partial charge in [-0.05, 0) is 23.8 Å². The van der Waals surface area contributed by atoms with Crippen LogP contribution in [0, 0.1) is 0 Å². The second-order valence-electron chi connectivity index (χ2n) is 5.28. The zero-order valence-electron chi connectivity index (χ0n) is 13.4. The number of hydrogen-bond acceptors (Lipinski definition) is 5. The van der Waals surface area contributed by atoms with Crippen LogP contribution in [0.3, 0.4) is 0 Å². The fourth-order valence-corrected chi connectivity index (χ4v) is 3.21. The molecule has 6 heteroatoms. The highest BCUT2D eigenvalue weighted by Crippen LogP contribution is 2.27. The van der Waals surface area contributed by atoms with Crippen molar-refractivity contribution in [2.75, 3.05) is 13.7 Å². The van der Waals surface area contributed by atoms with Gasteiger partial charge < -0.3 is 10.1 Å². The van der Waals surface area contributed by atoms with Crippen molar-refractivity contribution >= 4 is 17.3 Å². The summed E-state index contributed by atoms with van der Waals surface area (Å²) >= 11 is 1.39. The number of esters is 1. The average molecular weight is 341 g/mol. The van der Waals surface area contributed by atoms with Gasteiger partial charge in [-0.1, -0.05) is 30.3 Å². The highest BCUT2D eigenvalue weighted by Gasteiger charge is 2.11. The molecule has 0 aliphatic carbocycles. The summed E-state index contributed by atoms with van der Waals surface area (Å²) < 4.78 is 6.64. The Morgan fingerprint density at radius 2 is 2.04 bits per heavy atom. The van der Waals surface area contributed by atoms with Crippen LogP contribution in [0.25, 0.3) is 10.6 Å². The van der Waals surface area contributed by atoms with Crippen molar-refractivity contribution in [1.82, 2.24) is 15.1 Å². The van der Waals surface area contributed by atoms with Crippen LogP contribution in [-0.2, 0) is 17.8 Å². The zero-order chi connectivity index (χ0) is 16.8. The summed E-state index contributed by atoms with van der Waals surface area (Å²) in [5.41, 5.74) is 2.14. The summed E-state index contributed by atoms with van der Waals surface area (Å²) in [6, 6.07) is 15.9. The number of rotatable bonds is 7. The molecule has 0 fully saturated rings. The van der Waals surface area contributed by atoms with Gasteiger partial charge in [0, 0.05) is 19.3 Å². The van der Waals surface area contributed by atoms with E-state index in [2.05, 4.69) is 22.5 Å². The molecule has 0 atom stereocenters. The molecule has 0 saturated carbocycles. The number of hydrogen-bond donors (Lipinski definition) is 1. The van der Waals surface area contributed by atoms with Crippen LogP contribution in [0.15, 0.2) is 54.7 Å². The Labute approximate surface area is 144 Å². The smallest absolute Gasteiger partial charge is 0.348 e. The number of methoxy groups -OCH3 is 1. The molecule has 124 valence electrons. The Morgan fingerprint density at radius 3 is 2.83 bits per heavy atom. The van der Waals surface area contributed by atoms with Crippen LogP contribution in [0.4, 0.5) is 0 Å². The first-order valence-electron chi connectivity index (χ1n) is 7.73. The zero-order valence-corrected chi connectivity index (χ0v) is 14.3. The molecular weight excluding hydrogens is 322 g/mol. The lowest BCUT2D eigenvalue weighted by Gasteiger charge is -2.05. The molecule has 0 bridgehead atoms. The number of carbonyl (C=O) groups is 1. The Bertz CT molecular complexity index is 795. The van der Waals surface area contributed by atoms with Crippen molar-refractivity contribution in [2.24, 2.45) is 0 Å². The van der Waals surface area contributed by atoms with Crippen LogP contribution < -0.4 is 5.32 Å². The van der Waals surface area contributed by atoms with E-state index in [-0.39, 0.29) is 5.97 Å². The van der Waals surface area contributed by atoms with Crippen LogP contribution >= 0.6 is 11.3 Å². The van der Waals surface area contributed by atoms with Gasteiger partial charge in [-0.2, -0.15) is 5.10 Å². The van der Waals surface area contributed by atoms with Crippen molar-refractivity contribution in [3.05, 3.63) is 65.2 Å². The summed E-state index contributed by atoms with van der Waals surface area (Å²) in [4.78, 5) is 13.1. The third kappa shape index (κ3) is 4.10. The maximum Gasteiger partial charge on any atom is 0.348 e. The highest BCUT2D eigenvalue weighted by molar-refractivity contribution is 7.17. The summed E-state index contributed by atoms with van der Waals surface area (Å²) in [5, 5.41) is 7.96. The number of aromatic nitrogens is 2.